The predicted octanol–water partition coefficient (Wildman–Crippen LogP) is 0.419. The van der Waals surface area contributed by atoms with Crippen LogP contribution in [0.15, 0.2) is 0 Å². The molecule has 0 unspecified atom stereocenters. The third kappa shape index (κ3) is 214. The highest BCUT2D eigenvalue weighted by Crippen LogP contribution is 1.73. The van der Waals surface area contributed by atoms with Crippen LogP contribution in [0.2, 0.25) is 0 Å². The molecule has 2 nitrogen and oxygen atoms in total. The Morgan fingerprint density at radius 1 is 1.00 bits per heavy atom. The van der Waals surface area contributed by atoms with Crippen LogP contribution in [-0.4, -0.2) is 32.7 Å². The second kappa shape index (κ2) is 3.63. The highest BCUT2D eigenvalue weighted by Gasteiger charge is 1.88. The number of quaternary nitrogens is 1. The Labute approximate surface area is 45.6 Å². The SMILES string of the molecule is C[N+](C)(C)C.[C-]#N. The first-order valence-corrected chi connectivity index (χ1v) is 2.01. The van der Waals surface area contributed by atoms with Gasteiger partial charge in [-0.25, -0.2) is 0 Å². The fourth-order valence-corrected chi connectivity index (χ4v) is 0. The van der Waals surface area contributed by atoms with Gasteiger partial charge in [0, 0.05) is 0 Å². The molecule has 0 aromatic heterocycles. The fraction of sp³-hybridized carbons (Fsp3) is 0.800. The molecule has 0 atom stereocenters. The van der Waals surface area contributed by atoms with Gasteiger partial charge in [-0.2, -0.15) is 0 Å². The Morgan fingerprint density at radius 2 is 1.00 bits per heavy atom. The minimum Gasteiger partial charge on any atom is -0.512 e. The van der Waals surface area contributed by atoms with Crippen molar-refractivity contribution in [3.05, 3.63) is 6.57 Å². The van der Waals surface area contributed by atoms with Crippen molar-refractivity contribution in [2.45, 2.75) is 0 Å². The molecule has 0 aromatic rings. The molecule has 0 fully saturated rings. The molecule has 0 rings (SSSR count). The van der Waals surface area contributed by atoms with Crippen molar-refractivity contribution in [3.63, 3.8) is 0 Å². The highest BCUT2D eigenvalue weighted by molar-refractivity contribution is 3.87. The maximum absolute atomic E-state index is 6.25. The van der Waals surface area contributed by atoms with Gasteiger partial charge in [0.2, 0.25) is 0 Å². The summed E-state index contributed by atoms with van der Waals surface area (Å²) in [5, 5.41) is 6.25. The molecule has 0 aliphatic rings. The molecule has 0 spiro atoms. The Hall–Kier alpha value is -0.550. The Balaban J connectivity index is 0. The van der Waals surface area contributed by atoms with Crippen molar-refractivity contribution in [1.29, 1.82) is 5.26 Å². The minimum atomic E-state index is 1.00. The van der Waals surface area contributed by atoms with Crippen LogP contribution in [-0.2, 0) is 0 Å². The molecule has 0 bridgehead atoms. The van der Waals surface area contributed by atoms with Gasteiger partial charge in [0.1, 0.15) is 0 Å². The summed E-state index contributed by atoms with van der Waals surface area (Å²) in [5.74, 6) is 0. The van der Waals surface area contributed by atoms with E-state index >= 15 is 0 Å². The van der Waals surface area contributed by atoms with Crippen molar-refractivity contribution in [1.82, 2.24) is 0 Å². The monoisotopic (exact) mass is 100 g/mol. The number of hydrogen-bond donors (Lipinski definition) is 0. The summed E-state index contributed by atoms with van der Waals surface area (Å²) in [6.07, 6.45) is 0. The molecule has 0 aromatic carbocycles. The fourth-order valence-electron chi connectivity index (χ4n) is 0. The van der Waals surface area contributed by atoms with Crippen LogP contribution in [0.4, 0.5) is 0 Å². The largest absolute Gasteiger partial charge is 0.512 e. The first-order chi connectivity index (χ1) is 3.00. The van der Waals surface area contributed by atoms with Gasteiger partial charge in [-0.05, 0) is 0 Å². The van der Waals surface area contributed by atoms with E-state index in [-0.39, 0.29) is 0 Å². The highest BCUT2D eigenvalue weighted by atomic mass is 15.2. The zero-order valence-corrected chi connectivity index (χ0v) is 5.39. The molecule has 0 saturated heterocycles. The lowest BCUT2D eigenvalue weighted by atomic mass is 10.8. The average molecular weight is 100 g/mol. The molecule has 0 saturated carbocycles. The van der Waals surface area contributed by atoms with Crippen molar-refractivity contribution in [2.75, 3.05) is 28.2 Å². The molecule has 7 heavy (non-hydrogen) atoms. The van der Waals surface area contributed by atoms with E-state index in [9.17, 15) is 0 Å². The average Bonchev–Trinajstić information content (AvgIpc) is 1.36. The molecular formula is C5H12N2. The zero-order valence-electron chi connectivity index (χ0n) is 5.39. The number of rotatable bonds is 0. The topological polar surface area (TPSA) is 23.8 Å². The van der Waals surface area contributed by atoms with Crippen molar-refractivity contribution in [2.24, 2.45) is 0 Å². The van der Waals surface area contributed by atoms with Gasteiger partial charge in [-0.3, -0.25) is 0 Å². The molecule has 0 N–H and O–H groups in total. The van der Waals surface area contributed by atoms with Gasteiger partial charge < -0.3 is 16.3 Å². The van der Waals surface area contributed by atoms with E-state index in [0.29, 0.717) is 0 Å². The van der Waals surface area contributed by atoms with Gasteiger partial charge >= 0.3 is 0 Å². The van der Waals surface area contributed by atoms with Crippen LogP contribution >= 0.6 is 0 Å². The molecule has 42 valence electrons. The summed E-state index contributed by atoms with van der Waals surface area (Å²) in [7, 11) is 8.50. The molecule has 0 amide bonds. The Kier molecular flexibility index (Phi) is 5.02. The van der Waals surface area contributed by atoms with Crippen molar-refractivity contribution in [3.8, 4) is 0 Å². The van der Waals surface area contributed by atoms with Gasteiger partial charge in [0.25, 0.3) is 0 Å². The zero-order chi connectivity index (χ0) is 6.50. The quantitative estimate of drug-likeness (QED) is 0.319. The van der Waals surface area contributed by atoms with E-state index in [1.807, 2.05) is 0 Å². The van der Waals surface area contributed by atoms with Crippen LogP contribution in [0.1, 0.15) is 0 Å². The first kappa shape index (κ1) is 9.67. The maximum atomic E-state index is 6.25. The van der Waals surface area contributed by atoms with Crippen LogP contribution in [0.3, 0.4) is 0 Å². The molecule has 2 heteroatoms. The van der Waals surface area contributed by atoms with E-state index in [0.717, 1.165) is 4.48 Å². The number of hydrogen-bond acceptors (Lipinski definition) is 1. The summed E-state index contributed by atoms with van der Waals surface area (Å²) in [6, 6.07) is 0. The van der Waals surface area contributed by atoms with Gasteiger partial charge in [-0.1, -0.05) is 0 Å². The van der Waals surface area contributed by atoms with E-state index in [2.05, 4.69) is 28.2 Å². The first-order valence-electron chi connectivity index (χ1n) is 2.01. The van der Waals surface area contributed by atoms with Gasteiger partial charge in [0.15, 0.2) is 0 Å². The smallest absolute Gasteiger partial charge is 0.0675 e. The molecule has 0 heterocycles. The summed E-state index contributed by atoms with van der Waals surface area (Å²) in [6.45, 7) is 4.75. The Bertz CT molecular complexity index is 42.8. The molecule has 0 aliphatic heterocycles. The van der Waals surface area contributed by atoms with Crippen LogP contribution in [0.25, 0.3) is 0 Å². The second-order valence-corrected chi connectivity index (χ2v) is 2.68. The molecule has 0 radical (unpaired) electrons. The Morgan fingerprint density at radius 3 is 1.00 bits per heavy atom. The van der Waals surface area contributed by atoms with Crippen molar-refractivity contribution >= 4 is 0 Å². The minimum absolute atomic E-state index is 1.00. The maximum Gasteiger partial charge on any atom is 0.0675 e. The summed E-state index contributed by atoms with van der Waals surface area (Å²) in [5.41, 5.74) is 0. The van der Waals surface area contributed by atoms with Crippen LogP contribution < -0.4 is 0 Å². The third-order valence-electron chi connectivity index (χ3n) is 0. The summed E-state index contributed by atoms with van der Waals surface area (Å²) >= 11 is 0. The second-order valence-electron chi connectivity index (χ2n) is 2.68. The normalized spacial score (nSPS) is 8.86. The van der Waals surface area contributed by atoms with Gasteiger partial charge in [0.05, 0.1) is 28.2 Å². The summed E-state index contributed by atoms with van der Waals surface area (Å²) < 4.78 is 1.00. The third-order valence-corrected chi connectivity index (χ3v) is 0. The summed E-state index contributed by atoms with van der Waals surface area (Å²) in [4.78, 5) is 0. The predicted molar refractivity (Wildman–Crippen MR) is 28.9 cm³/mol. The van der Waals surface area contributed by atoms with Crippen molar-refractivity contribution < 1.29 is 4.48 Å². The van der Waals surface area contributed by atoms with E-state index < -0.39 is 0 Å². The van der Waals surface area contributed by atoms with Gasteiger partial charge in [-0.15, -0.1) is 0 Å². The van der Waals surface area contributed by atoms with E-state index in [1.165, 1.54) is 0 Å². The number of nitrogens with zero attached hydrogens (tertiary/aromatic N) is 2. The molecule has 0 aliphatic carbocycles. The van der Waals surface area contributed by atoms with Crippen LogP contribution in [0, 0.1) is 11.8 Å². The molecular weight excluding hydrogens is 88.1 g/mol. The van der Waals surface area contributed by atoms with E-state index in [4.69, 9.17) is 11.8 Å². The standard InChI is InChI=1S/C4H12N.CN/c1-5(2,3)4;1-2/h1-4H3;/q+1;-1. The van der Waals surface area contributed by atoms with Crippen LogP contribution in [0.5, 0.6) is 0 Å². The lowest BCUT2D eigenvalue weighted by Gasteiger charge is -2.14. The van der Waals surface area contributed by atoms with E-state index in [1.54, 1.807) is 0 Å². The lowest BCUT2D eigenvalue weighted by molar-refractivity contribution is -0.849. The lowest BCUT2D eigenvalue weighted by Crippen LogP contribution is -2.27.